The van der Waals surface area contributed by atoms with Crippen LogP contribution in [0.1, 0.15) is 6.92 Å². The zero-order chi connectivity index (χ0) is 13.7. The molecule has 1 aromatic rings. The maximum Gasteiger partial charge on any atom is 0.241 e. The second-order valence-corrected chi connectivity index (χ2v) is 5.59. The third kappa shape index (κ3) is 4.21. The van der Waals surface area contributed by atoms with E-state index >= 15 is 0 Å². The molecule has 1 N–H and O–H groups in total. The highest BCUT2D eigenvalue weighted by Gasteiger charge is 2.19. The highest BCUT2D eigenvalue weighted by atomic mass is 79.9. The lowest BCUT2D eigenvalue weighted by atomic mass is 10.3. The number of likely N-dealkylation sites (N-methyl/N-ethyl adjacent to an activating group) is 1. The third-order valence-corrected chi connectivity index (χ3v) is 3.99. The van der Waals surface area contributed by atoms with E-state index in [1.165, 1.54) is 0 Å². The summed E-state index contributed by atoms with van der Waals surface area (Å²) in [7, 11) is 0. The van der Waals surface area contributed by atoms with Crippen LogP contribution in [0.25, 0.3) is 0 Å². The first-order chi connectivity index (χ1) is 9.19. The number of anilines is 1. The summed E-state index contributed by atoms with van der Waals surface area (Å²) < 4.78 is 1.04. The van der Waals surface area contributed by atoms with Crippen molar-refractivity contribution in [2.45, 2.75) is 6.92 Å². The minimum absolute atomic E-state index is 0.179. The largest absolute Gasteiger partial charge is 0.376 e. The quantitative estimate of drug-likeness (QED) is 0.920. The molecule has 5 heteroatoms. The zero-order valence-corrected chi connectivity index (χ0v) is 12.8. The number of hydrogen-bond donors (Lipinski definition) is 1. The fourth-order valence-electron chi connectivity index (χ4n) is 2.17. The van der Waals surface area contributed by atoms with Gasteiger partial charge in [-0.15, -0.1) is 0 Å². The summed E-state index contributed by atoms with van der Waals surface area (Å²) in [6.45, 7) is 7.25. The lowest BCUT2D eigenvalue weighted by Crippen LogP contribution is -2.49. The molecular formula is C14H20BrN3O. The van der Waals surface area contributed by atoms with Gasteiger partial charge in [0.2, 0.25) is 5.91 Å². The van der Waals surface area contributed by atoms with Gasteiger partial charge in [-0.1, -0.05) is 22.9 Å². The third-order valence-electron chi connectivity index (χ3n) is 3.46. The number of nitrogens with zero attached hydrogens (tertiary/aromatic N) is 2. The molecule has 0 aromatic heterocycles. The van der Waals surface area contributed by atoms with Gasteiger partial charge in [0.1, 0.15) is 0 Å². The molecule has 1 aliphatic heterocycles. The van der Waals surface area contributed by atoms with E-state index in [0.29, 0.717) is 6.54 Å². The van der Waals surface area contributed by atoms with Gasteiger partial charge < -0.3 is 15.1 Å². The molecule has 1 aliphatic rings. The van der Waals surface area contributed by atoms with E-state index in [4.69, 9.17) is 0 Å². The number of carbonyl (C=O) groups is 1. The van der Waals surface area contributed by atoms with Crippen molar-refractivity contribution in [3.63, 3.8) is 0 Å². The van der Waals surface area contributed by atoms with E-state index in [2.05, 4.69) is 33.1 Å². The summed E-state index contributed by atoms with van der Waals surface area (Å²) in [6.07, 6.45) is 0. The Morgan fingerprint density at radius 2 is 1.84 bits per heavy atom. The maximum atomic E-state index is 12.1. The Morgan fingerprint density at radius 3 is 2.42 bits per heavy atom. The molecule has 0 saturated carbocycles. The summed E-state index contributed by atoms with van der Waals surface area (Å²) in [6, 6.07) is 7.86. The van der Waals surface area contributed by atoms with Gasteiger partial charge in [0, 0.05) is 36.3 Å². The molecule has 0 radical (unpaired) electrons. The van der Waals surface area contributed by atoms with E-state index < -0.39 is 0 Å². The Kier molecular flexibility index (Phi) is 5.22. The summed E-state index contributed by atoms with van der Waals surface area (Å²) in [5, 5.41) is 3.17. The van der Waals surface area contributed by atoms with E-state index in [1.807, 2.05) is 29.2 Å². The lowest BCUT2D eigenvalue weighted by Gasteiger charge is -2.34. The normalized spacial score (nSPS) is 16.4. The van der Waals surface area contributed by atoms with Gasteiger partial charge in [0.05, 0.1) is 6.54 Å². The number of nitrogens with one attached hydrogen (secondary N) is 1. The average molecular weight is 326 g/mol. The molecule has 1 aromatic carbocycles. The monoisotopic (exact) mass is 325 g/mol. The molecule has 1 heterocycles. The Hall–Kier alpha value is -1.07. The first-order valence-corrected chi connectivity index (χ1v) is 7.48. The minimum atomic E-state index is 0.179. The fourth-order valence-corrected chi connectivity index (χ4v) is 2.44. The number of amides is 1. The number of rotatable bonds is 4. The van der Waals surface area contributed by atoms with Crippen molar-refractivity contribution >= 4 is 27.5 Å². The molecule has 1 saturated heterocycles. The summed E-state index contributed by atoms with van der Waals surface area (Å²) in [5.41, 5.74) is 0.976. The summed E-state index contributed by atoms with van der Waals surface area (Å²) >= 11 is 3.39. The number of carbonyl (C=O) groups excluding carboxylic acids is 1. The van der Waals surface area contributed by atoms with Crippen molar-refractivity contribution < 1.29 is 4.79 Å². The predicted molar refractivity (Wildman–Crippen MR) is 81.3 cm³/mol. The highest BCUT2D eigenvalue weighted by Crippen LogP contribution is 2.14. The standard InChI is InChI=1S/C14H20BrN3O/c1-2-17-7-9-18(10-8-17)14(19)11-16-13-5-3-12(15)4-6-13/h3-6,16H,2,7-11H2,1H3. The fraction of sp³-hybridized carbons (Fsp3) is 0.500. The van der Waals surface area contributed by atoms with Crippen LogP contribution in [0.4, 0.5) is 5.69 Å². The second kappa shape index (κ2) is 6.91. The SMILES string of the molecule is CCN1CCN(C(=O)CNc2ccc(Br)cc2)CC1. The topological polar surface area (TPSA) is 35.6 Å². The van der Waals surface area contributed by atoms with Crippen molar-refractivity contribution in [1.82, 2.24) is 9.80 Å². The van der Waals surface area contributed by atoms with Gasteiger partial charge in [-0.3, -0.25) is 4.79 Å². The van der Waals surface area contributed by atoms with Gasteiger partial charge in [0.25, 0.3) is 0 Å². The maximum absolute atomic E-state index is 12.1. The number of hydrogen-bond acceptors (Lipinski definition) is 3. The molecule has 104 valence electrons. The van der Waals surface area contributed by atoms with Gasteiger partial charge in [-0.2, -0.15) is 0 Å². The molecule has 0 bridgehead atoms. The molecule has 2 rings (SSSR count). The van der Waals surface area contributed by atoms with Crippen LogP contribution in [0.5, 0.6) is 0 Å². The molecule has 1 fully saturated rings. The van der Waals surface area contributed by atoms with Crippen molar-refractivity contribution in [3.05, 3.63) is 28.7 Å². The summed E-state index contributed by atoms with van der Waals surface area (Å²) in [5.74, 6) is 0.179. The van der Waals surface area contributed by atoms with E-state index in [9.17, 15) is 4.79 Å². The highest BCUT2D eigenvalue weighted by molar-refractivity contribution is 9.10. The lowest BCUT2D eigenvalue weighted by molar-refractivity contribution is -0.131. The molecular weight excluding hydrogens is 306 g/mol. The first-order valence-electron chi connectivity index (χ1n) is 6.68. The van der Waals surface area contributed by atoms with Crippen LogP contribution < -0.4 is 5.32 Å². The van der Waals surface area contributed by atoms with Crippen LogP contribution in [0.15, 0.2) is 28.7 Å². The van der Waals surface area contributed by atoms with Crippen molar-refractivity contribution in [1.29, 1.82) is 0 Å². The average Bonchev–Trinajstić information content (AvgIpc) is 2.46. The van der Waals surface area contributed by atoms with Crippen LogP contribution in [-0.4, -0.2) is 55.0 Å². The number of benzene rings is 1. The zero-order valence-electron chi connectivity index (χ0n) is 11.2. The van der Waals surface area contributed by atoms with E-state index in [-0.39, 0.29) is 5.91 Å². The molecule has 0 aliphatic carbocycles. The van der Waals surface area contributed by atoms with Crippen LogP contribution in [-0.2, 0) is 4.79 Å². The van der Waals surface area contributed by atoms with E-state index in [1.54, 1.807) is 0 Å². The number of piperazine rings is 1. The van der Waals surface area contributed by atoms with Crippen LogP contribution in [0.3, 0.4) is 0 Å². The molecule has 4 nitrogen and oxygen atoms in total. The van der Waals surface area contributed by atoms with Crippen molar-refractivity contribution in [2.75, 3.05) is 44.6 Å². The molecule has 19 heavy (non-hydrogen) atoms. The first kappa shape index (κ1) is 14.3. The van der Waals surface area contributed by atoms with Crippen LogP contribution >= 0.6 is 15.9 Å². The Bertz CT molecular complexity index is 413. The Balaban J connectivity index is 1.77. The Morgan fingerprint density at radius 1 is 1.21 bits per heavy atom. The van der Waals surface area contributed by atoms with E-state index in [0.717, 1.165) is 42.9 Å². The smallest absolute Gasteiger partial charge is 0.241 e. The van der Waals surface area contributed by atoms with Crippen molar-refractivity contribution in [2.24, 2.45) is 0 Å². The van der Waals surface area contributed by atoms with Gasteiger partial charge >= 0.3 is 0 Å². The van der Waals surface area contributed by atoms with Gasteiger partial charge in [0.15, 0.2) is 0 Å². The second-order valence-electron chi connectivity index (χ2n) is 4.68. The molecule has 1 amide bonds. The van der Waals surface area contributed by atoms with Crippen LogP contribution in [0, 0.1) is 0 Å². The molecule has 0 unspecified atom stereocenters. The Labute approximate surface area is 122 Å². The number of halogens is 1. The molecule has 0 atom stereocenters. The molecule has 0 spiro atoms. The van der Waals surface area contributed by atoms with Crippen molar-refractivity contribution in [3.8, 4) is 0 Å². The van der Waals surface area contributed by atoms with Gasteiger partial charge in [-0.25, -0.2) is 0 Å². The van der Waals surface area contributed by atoms with Gasteiger partial charge in [-0.05, 0) is 30.8 Å². The summed E-state index contributed by atoms with van der Waals surface area (Å²) in [4.78, 5) is 16.4. The predicted octanol–water partition coefficient (Wildman–Crippen LogP) is 2.03. The minimum Gasteiger partial charge on any atom is -0.376 e. The van der Waals surface area contributed by atoms with Crippen LogP contribution in [0.2, 0.25) is 0 Å².